The molecule has 0 saturated carbocycles. The standard InChI is InChI=1S/C10H9BrN2O4/c1-16-5-3-4(11)7-6(8(5)17-2)9(14)13-10(15)12-7/h3H,1-2H3,(H2,12,13,14,15). The zero-order chi connectivity index (χ0) is 12.6. The van der Waals surface area contributed by atoms with E-state index in [9.17, 15) is 9.59 Å². The first-order valence-corrected chi connectivity index (χ1v) is 5.44. The van der Waals surface area contributed by atoms with Crippen molar-refractivity contribution < 1.29 is 9.47 Å². The van der Waals surface area contributed by atoms with Gasteiger partial charge in [0.1, 0.15) is 5.39 Å². The van der Waals surface area contributed by atoms with Crippen molar-refractivity contribution >= 4 is 26.8 Å². The van der Waals surface area contributed by atoms with Gasteiger partial charge in [-0.2, -0.15) is 0 Å². The molecular formula is C10H9BrN2O4. The average Bonchev–Trinajstić information content (AvgIpc) is 2.29. The molecule has 2 rings (SSSR count). The van der Waals surface area contributed by atoms with Crippen LogP contribution in [0, 0.1) is 0 Å². The van der Waals surface area contributed by atoms with Crippen molar-refractivity contribution in [3.63, 3.8) is 0 Å². The van der Waals surface area contributed by atoms with Gasteiger partial charge in [-0.1, -0.05) is 0 Å². The van der Waals surface area contributed by atoms with E-state index in [1.54, 1.807) is 6.07 Å². The van der Waals surface area contributed by atoms with E-state index in [1.165, 1.54) is 14.2 Å². The zero-order valence-electron chi connectivity index (χ0n) is 9.09. The number of rotatable bonds is 2. The number of ether oxygens (including phenoxy) is 2. The summed E-state index contributed by atoms with van der Waals surface area (Å²) in [5.74, 6) is 0.688. The molecule has 0 aliphatic rings. The van der Waals surface area contributed by atoms with E-state index in [4.69, 9.17) is 9.47 Å². The molecule has 2 aromatic rings. The number of H-pyrrole nitrogens is 2. The summed E-state index contributed by atoms with van der Waals surface area (Å²) in [6.45, 7) is 0. The first-order chi connectivity index (χ1) is 8.08. The molecule has 0 bridgehead atoms. The molecule has 0 amide bonds. The molecule has 2 N–H and O–H groups in total. The fourth-order valence-corrected chi connectivity index (χ4v) is 2.12. The molecule has 0 spiro atoms. The number of hydrogen-bond donors (Lipinski definition) is 2. The molecule has 0 atom stereocenters. The summed E-state index contributed by atoms with van der Waals surface area (Å²) in [5, 5.41) is 0.235. The molecule has 0 saturated heterocycles. The molecule has 0 aliphatic carbocycles. The number of fused-ring (bicyclic) bond motifs is 1. The van der Waals surface area contributed by atoms with Crippen molar-refractivity contribution in [1.29, 1.82) is 0 Å². The van der Waals surface area contributed by atoms with E-state index >= 15 is 0 Å². The largest absolute Gasteiger partial charge is 0.493 e. The second-order valence-electron chi connectivity index (χ2n) is 3.25. The highest BCUT2D eigenvalue weighted by atomic mass is 79.9. The van der Waals surface area contributed by atoms with Crippen molar-refractivity contribution in [3.8, 4) is 11.5 Å². The number of halogens is 1. The number of aromatic nitrogens is 2. The van der Waals surface area contributed by atoms with Crippen molar-refractivity contribution in [1.82, 2.24) is 9.97 Å². The van der Waals surface area contributed by atoms with Gasteiger partial charge in [0, 0.05) is 10.5 Å². The average molecular weight is 301 g/mol. The van der Waals surface area contributed by atoms with E-state index < -0.39 is 11.2 Å². The molecule has 1 aromatic heterocycles. The fraction of sp³-hybridized carbons (Fsp3) is 0.200. The highest BCUT2D eigenvalue weighted by Gasteiger charge is 2.16. The van der Waals surface area contributed by atoms with Gasteiger partial charge < -0.3 is 14.5 Å². The minimum Gasteiger partial charge on any atom is -0.493 e. The fourth-order valence-electron chi connectivity index (χ4n) is 1.61. The molecule has 1 aromatic carbocycles. The minimum atomic E-state index is -0.574. The normalized spacial score (nSPS) is 10.5. The molecule has 6 nitrogen and oxygen atoms in total. The number of aromatic amines is 2. The SMILES string of the molecule is COc1cc(Br)c2[nH]c(=O)[nH]c(=O)c2c1OC. The van der Waals surface area contributed by atoms with Crippen molar-refractivity contribution in [2.75, 3.05) is 14.2 Å². The van der Waals surface area contributed by atoms with Crippen LogP contribution in [0.1, 0.15) is 0 Å². The Bertz CT molecular complexity index is 689. The van der Waals surface area contributed by atoms with Crippen molar-refractivity contribution in [2.45, 2.75) is 0 Å². The van der Waals surface area contributed by atoms with Crippen molar-refractivity contribution in [2.24, 2.45) is 0 Å². The van der Waals surface area contributed by atoms with Crippen LogP contribution in [0.3, 0.4) is 0 Å². The first kappa shape index (κ1) is 11.7. The van der Waals surface area contributed by atoms with Crippen LogP contribution in [0.2, 0.25) is 0 Å². The smallest absolute Gasteiger partial charge is 0.326 e. The quantitative estimate of drug-likeness (QED) is 0.866. The third-order valence-corrected chi connectivity index (χ3v) is 2.94. The molecular weight excluding hydrogens is 292 g/mol. The Labute approximate surface area is 104 Å². The molecule has 1 heterocycles. The second kappa shape index (κ2) is 4.25. The first-order valence-electron chi connectivity index (χ1n) is 4.65. The topological polar surface area (TPSA) is 84.2 Å². The van der Waals surface area contributed by atoms with Crippen molar-refractivity contribution in [3.05, 3.63) is 31.4 Å². The number of nitrogens with one attached hydrogen (secondary N) is 2. The van der Waals surface area contributed by atoms with Crippen LogP contribution < -0.4 is 20.7 Å². The molecule has 0 fully saturated rings. The van der Waals surface area contributed by atoms with Crippen LogP contribution in [-0.4, -0.2) is 24.2 Å². The van der Waals surface area contributed by atoms with Crippen LogP contribution >= 0.6 is 15.9 Å². The number of hydrogen-bond acceptors (Lipinski definition) is 4. The second-order valence-corrected chi connectivity index (χ2v) is 4.11. The monoisotopic (exact) mass is 300 g/mol. The maximum Gasteiger partial charge on any atom is 0.326 e. The van der Waals surface area contributed by atoms with E-state index in [2.05, 4.69) is 25.9 Å². The van der Waals surface area contributed by atoms with Gasteiger partial charge in [-0.15, -0.1) is 0 Å². The van der Waals surface area contributed by atoms with Crippen LogP contribution in [0.4, 0.5) is 0 Å². The van der Waals surface area contributed by atoms with Crippen LogP contribution in [0.25, 0.3) is 10.9 Å². The Morgan fingerprint density at radius 1 is 1.18 bits per heavy atom. The van der Waals surface area contributed by atoms with Crippen LogP contribution in [0.15, 0.2) is 20.1 Å². The lowest BCUT2D eigenvalue weighted by Gasteiger charge is -2.10. The Balaban J connectivity index is 3.06. The van der Waals surface area contributed by atoms with E-state index in [1.807, 2.05) is 0 Å². The molecule has 90 valence electrons. The highest BCUT2D eigenvalue weighted by molar-refractivity contribution is 9.10. The maximum absolute atomic E-state index is 11.8. The van der Waals surface area contributed by atoms with Gasteiger partial charge in [0.15, 0.2) is 11.5 Å². The number of benzene rings is 1. The van der Waals surface area contributed by atoms with Crippen LogP contribution in [0.5, 0.6) is 11.5 Å². The summed E-state index contributed by atoms with van der Waals surface area (Å²) >= 11 is 3.26. The Morgan fingerprint density at radius 3 is 2.47 bits per heavy atom. The Hall–Kier alpha value is -1.76. The van der Waals surface area contributed by atoms with E-state index in [0.717, 1.165) is 0 Å². The minimum absolute atomic E-state index is 0.235. The Morgan fingerprint density at radius 2 is 1.88 bits per heavy atom. The molecule has 0 aliphatic heterocycles. The molecule has 0 unspecified atom stereocenters. The predicted molar refractivity (Wildman–Crippen MR) is 66.0 cm³/mol. The van der Waals surface area contributed by atoms with Crippen LogP contribution in [-0.2, 0) is 0 Å². The summed E-state index contributed by atoms with van der Waals surface area (Å²) in [5.41, 5.74) is -0.730. The third-order valence-electron chi connectivity index (χ3n) is 2.31. The summed E-state index contributed by atoms with van der Waals surface area (Å²) < 4.78 is 10.8. The summed E-state index contributed by atoms with van der Waals surface area (Å²) in [4.78, 5) is 27.6. The zero-order valence-corrected chi connectivity index (χ0v) is 10.7. The van der Waals surface area contributed by atoms with E-state index in [-0.39, 0.29) is 11.1 Å². The van der Waals surface area contributed by atoms with Gasteiger partial charge >= 0.3 is 5.69 Å². The molecule has 7 heteroatoms. The van der Waals surface area contributed by atoms with Gasteiger partial charge in [0.05, 0.1) is 19.7 Å². The lowest BCUT2D eigenvalue weighted by atomic mass is 10.2. The highest BCUT2D eigenvalue weighted by Crippen LogP contribution is 2.36. The third kappa shape index (κ3) is 1.82. The summed E-state index contributed by atoms with van der Waals surface area (Å²) in [6.07, 6.45) is 0. The van der Waals surface area contributed by atoms with Gasteiger partial charge in [-0.05, 0) is 15.9 Å². The molecule has 17 heavy (non-hydrogen) atoms. The lowest BCUT2D eigenvalue weighted by Crippen LogP contribution is -2.22. The Kier molecular flexibility index (Phi) is 2.93. The van der Waals surface area contributed by atoms with Gasteiger partial charge in [0.2, 0.25) is 0 Å². The van der Waals surface area contributed by atoms with Gasteiger partial charge in [0.25, 0.3) is 5.56 Å². The van der Waals surface area contributed by atoms with Gasteiger partial charge in [-0.25, -0.2) is 4.79 Å². The summed E-state index contributed by atoms with van der Waals surface area (Å²) in [7, 11) is 2.89. The van der Waals surface area contributed by atoms with E-state index in [0.29, 0.717) is 15.7 Å². The summed E-state index contributed by atoms with van der Waals surface area (Å²) in [6, 6.07) is 1.62. The predicted octanol–water partition coefficient (Wildman–Crippen LogP) is 0.996. The van der Waals surface area contributed by atoms with Gasteiger partial charge in [-0.3, -0.25) is 9.78 Å². The number of methoxy groups -OCH3 is 2. The maximum atomic E-state index is 11.8. The molecule has 0 radical (unpaired) electrons. The lowest BCUT2D eigenvalue weighted by molar-refractivity contribution is 0.358.